The van der Waals surface area contributed by atoms with Crippen LogP contribution in [0.15, 0.2) is 30.3 Å². The number of hydrogen-bond donors (Lipinski definition) is 5. The van der Waals surface area contributed by atoms with Gasteiger partial charge in [-0.25, -0.2) is 9.97 Å². The average Bonchev–Trinajstić information content (AvgIpc) is 3.68. The lowest BCUT2D eigenvalue weighted by molar-refractivity contribution is -0.138. The maximum atomic E-state index is 11.5. The highest BCUT2D eigenvalue weighted by Crippen LogP contribution is 2.28. The normalized spacial score (nSPS) is 12.1. The third-order valence-corrected chi connectivity index (χ3v) is 6.66. The summed E-state index contributed by atoms with van der Waals surface area (Å²) in [6, 6.07) is 9.45. The summed E-state index contributed by atoms with van der Waals surface area (Å²) in [7, 11) is 0. The Labute approximate surface area is 222 Å². The molecule has 3 aromatic heterocycles. The van der Waals surface area contributed by atoms with Crippen molar-refractivity contribution in [3.8, 4) is 0 Å². The average molecular weight is 527 g/mol. The minimum atomic E-state index is -0.954. The zero-order valence-corrected chi connectivity index (χ0v) is 20.9. The van der Waals surface area contributed by atoms with Crippen molar-refractivity contribution in [2.24, 2.45) is 0 Å². The Balaban J connectivity index is 1.84. The van der Waals surface area contributed by atoms with Crippen LogP contribution in [-0.2, 0) is 33.6 Å². The zero-order valence-electron chi connectivity index (χ0n) is 20.9. The van der Waals surface area contributed by atoms with Crippen LogP contribution in [0.2, 0.25) is 0 Å². The fraction of sp³-hybridized carbons (Fsp3) is 0.207. The van der Waals surface area contributed by atoms with Crippen LogP contribution < -0.4 is 0 Å². The van der Waals surface area contributed by atoms with Crippen LogP contribution in [0.4, 0.5) is 0 Å². The summed E-state index contributed by atoms with van der Waals surface area (Å²) in [5.41, 5.74) is 7.49. The fourth-order valence-electron chi connectivity index (χ4n) is 4.79. The van der Waals surface area contributed by atoms with E-state index in [1.807, 2.05) is 30.3 Å². The first-order valence-electron chi connectivity index (χ1n) is 12.5. The Kier molecular flexibility index (Phi) is 7.09. The van der Waals surface area contributed by atoms with Crippen molar-refractivity contribution < 1.29 is 29.7 Å². The molecule has 0 aliphatic carbocycles. The molecule has 10 heteroatoms. The third kappa shape index (κ3) is 5.80. The van der Waals surface area contributed by atoms with Gasteiger partial charge in [0.15, 0.2) is 0 Å². The second-order valence-corrected chi connectivity index (χ2v) is 9.35. The highest BCUT2D eigenvalue weighted by atomic mass is 16.4. The number of aromatic nitrogens is 4. The number of carboxylic acid groups (broad SMARTS) is 3. The molecule has 5 rings (SSSR count). The molecule has 0 aromatic carbocycles. The van der Waals surface area contributed by atoms with Crippen molar-refractivity contribution in [1.82, 2.24) is 19.9 Å². The van der Waals surface area contributed by atoms with Crippen molar-refractivity contribution in [3.05, 3.63) is 69.8 Å². The first kappa shape index (κ1) is 25.7. The van der Waals surface area contributed by atoms with Crippen LogP contribution >= 0.6 is 0 Å². The molecule has 5 N–H and O–H groups in total. The first-order valence-corrected chi connectivity index (χ1v) is 12.5. The first-order chi connectivity index (χ1) is 18.8. The largest absolute Gasteiger partial charge is 0.481 e. The number of aromatic amines is 2. The SMILES string of the molecule is O=C(O)CCc1c2nc(c(CCC(=O)O)c3ccc(cc4ccc([nH]4)c(CCC(=O)O)c4nc1C=C4)[nH]3)C=C2. The molecule has 0 radical (unpaired) electrons. The van der Waals surface area contributed by atoms with E-state index in [1.54, 1.807) is 24.3 Å². The Morgan fingerprint density at radius 1 is 0.564 bits per heavy atom. The summed E-state index contributed by atoms with van der Waals surface area (Å²) in [4.78, 5) is 50.5. The minimum Gasteiger partial charge on any atom is -0.481 e. The predicted octanol–water partition coefficient (Wildman–Crippen LogP) is 4.71. The number of aliphatic carboxylic acids is 3. The molecule has 198 valence electrons. The molecule has 3 aromatic rings. The molecule has 0 saturated heterocycles. The fourth-order valence-corrected chi connectivity index (χ4v) is 4.79. The Hall–Kier alpha value is -4.99. The van der Waals surface area contributed by atoms with Crippen LogP contribution in [0.25, 0.3) is 46.4 Å². The number of nitrogens with zero attached hydrogens (tertiary/aromatic N) is 2. The molecular weight excluding hydrogens is 500 g/mol. The maximum Gasteiger partial charge on any atom is 0.303 e. The van der Waals surface area contributed by atoms with Crippen molar-refractivity contribution in [3.63, 3.8) is 0 Å². The van der Waals surface area contributed by atoms with Gasteiger partial charge in [0, 0.05) is 58.0 Å². The van der Waals surface area contributed by atoms with E-state index in [-0.39, 0.29) is 38.5 Å². The van der Waals surface area contributed by atoms with E-state index in [0.29, 0.717) is 28.3 Å². The number of rotatable bonds is 9. The summed E-state index contributed by atoms with van der Waals surface area (Å²) >= 11 is 0. The Morgan fingerprint density at radius 2 is 0.923 bits per heavy atom. The number of fused-ring (bicyclic) bond motifs is 8. The van der Waals surface area contributed by atoms with Gasteiger partial charge < -0.3 is 25.3 Å². The summed E-state index contributed by atoms with van der Waals surface area (Å²) in [5, 5.41) is 28.1. The molecule has 2 aliphatic heterocycles. The molecule has 5 heterocycles. The smallest absolute Gasteiger partial charge is 0.303 e. The molecule has 0 fully saturated rings. The predicted molar refractivity (Wildman–Crippen MR) is 147 cm³/mol. The van der Waals surface area contributed by atoms with Gasteiger partial charge in [-0.3, -0.25) is 14.4 Å². The molecular formula is C29H26N4O6. The molecule has 0 saturated carbocycles. The van der Waals surface area contributed by atoms with Gasteiger partial charge in [-0.15, -0.1) is 0 Å². The molecule has 10 nitrogen and oxygen atoms in total. The number of aryl methyl sites for hydroxylation is 2. The second kappa shape index (κ2) is 10.8. The van der Waals surface area contributed by atoms with E-state index in [9.17, 15) is 29.7 Å². The summed E-state index contributed by atoms with van der Waals surface area (Å²) in [6.45, 7) is 0. The van der Waals surface area contributed by atoms with E-state index in [0.717, 1.165) is 33.2 Å². The van der Waals surface area contributed by atoms with E-state index < -0.39 is 17.9 Å². The van der Waals surface area contributed by atoms with Gasteiger partial charge >= 0.3 is 17.9 Å². The van der Waals surface area contributed by atoms with Crippen molar-refractivity contribution in [1.29, 1.82) is 0 Å². The summed E-state index contributed by atoms with van der Waals surface area (Å²) in [5.74, 6) is -2.79. The molecule has 39 heavy (non-hydrogen) atoms. The van der Waals surface area contributed by atoms with Gasteiger partial charge in [-0.05, 0) is 73.9 Å². The highest BCUT2D eigenvalue weighted by molar-refractivity contribution is 5.83. The van der Waals surface area contributed by atoms with E-state index in [1.165, 1.54) is 0 Å². The molecule has 0 spiro atoms. The molecule has 8 bridgehead atoms. The van der Waals surface area contributed by atoms with Gasteiger partial charge in [0.25, 0.3) is 0 Å². The van der Waals surface area contributed by atoms with Crippen LogP contribution in [0.3, 0.4) is 0 Å². The quantitative estimate of drug-likeness (QED) is 0.184. The summed E-state index contributed by atoms with van der Waals surface area (Å²) in [6.07, 6.45) is 7.62. The minimum absolute atomic E-state index is 0.0755. The van der Waals surface area contributed by atoms with Crippen LogP contribution in [-0.4, -0.2) is 53.2 Å². The van der Waals surface area contributed by atoms with E-state index in [2.05, 4.69) is 9.97 Å². The topological polar surface area (TPSA) is 169 Å². The van der Waals surface area contributed by atoms with Gasteiger partial charge in [-0.1, -0.05) is 0 Å². The number of hydrogen-bond acceptors (Lipinski definition) is 5. The van der Waals surface area contributed by atoms with Crippen molar-refractivity contribution in [2.75, 3.05) is 0 Å². The Morgan fingerprint density at radius 3 is 1.31 bits per heavy atom. The van der Waals surface area contributed by atoms with Gasteiger partial charge in [0.1, 0.15) is 0 Å². The van der Waals surface area contributed by atoms with Crippen LogP contribution in [0.5, 0.6) is 0 Å². The monoisotopic (exact) mass is 526 g/mol. The van der Waals surface area contributed by atoms with Gasteiger partial charge in [-0.2, -0.15) is 0 Å². The lowest BCUT2D eigenvalue weighted by Gasteiger charge is -2.04. The molecule has 2 aliphatic rings. The number of H-pyrrole nitrogens is 2. The number of carbonyl (C=O) groups is 3. The number of carboxylic acids is 3. The Bertz CT molecular complexity index is 1600. The maximum absolute atomic E-state index is 11.5. The molecule has 0 unspecified atom stereocenters. The number of nitrogens with one attached hydrogen (secondary N) is 2. The molecule has 0 amide bonds. The van der Waals surface area contributed by atoms with Crippen molar-refractivity contribution >= 4 is 64.3 Å². The third-order valence-electron chi connectivity index (χ3n) is 6.66. The van der Waals surface area contributed by atoms with Gasteiger partial charge in [0.05, 0.1) is 22.8 Å². The zero-order chi connectivity index (χ0) is 27.5. The second-order valence-electron chi connectivity index (χ2n) is 9.35. The standard InChI is InChI=1S/C29H26N4O6/c34-27(35)12-3-18-21-6-1-16(30-21)15-17-2-7-22(31-17)19(4-13-28(36)37)24-9-11-26(33-24)20(5-14-29(38)39)25-10-8-23(18)32-25/h1-2,6-11,15,30-31H,3-5,12-14H2,(H,34,35)(H,36,37)(H,38,39). The van der Waals surface area contributed by atoms with Crippen LogP contribution in [0, 0.1) is 0 Å². The molecule has 0 atom stereocenters. The summed E-state index contributed by atoms with van der Waals surface area (Å²) < 4.78 is 0. The lowest BCUT2D eigenvalue weighted by atomic mass is 10.1. The van der Waals surface area contributed by atoms with E-state index >= 15 is 0 Å². The van der Waals surface area contributed by atoms with Crippen molar-refractivity contribution in [2.45, 2.75) is 38.5 Å². The highest BCUT2D eigenvalue weighted by Gasteiger charge is 2.17. The van der Waals surface area contributed by atoms with Crippen LogP contribution in [0.1, 0.15) is 58.7 Å². The van der Waals surface area contributed by atoms with Gasteiger partial charge in [0.2, 0.25) is 0 Å². The lowest BCUT2D eigenvalue weighted by Crippen LogP contribution is -2.02. The van der Waals surface area contributed by atoms with E-state index in [4.69, 9.17) is 9.97 Å².